The predicted molar refractivity (Wildman–Crippen MR) is 59.4 cm³/mol. The van der Waals surface area contributed by atoms with Crippen molar-refractivity contribution in [2.24, 2.45) is 11.7 Å². The SMILES string of the molecule is CCOC1CC(NC(=O)[C@H](N)C(C)C)C1. The van der Waals surface area contributed by atoms with Crippen molar-refractivity contribution in [3.05, 3.63) is 0 Å². The molecule has 1 fully saturated rings. The largest absolute Gasteiger partial charge is 0.378 e. The average Bonchev–Trinajstić information content (AvgIpc) is 2.13. The molecule has 1 rings (SSSR count). The Morgan fingerprint density at radius 1 is 1.53 bits per heavy atom. The summed E-state index contributed by atoms with van der Waals surface area (Å²) in [5, 5.41) is 2.94. The van der Waals surface area contributed by atoms with Crippen LogP contribution >= 0.6 is 0 Å². The summed E-state index contributed by atoms with van der Waals surface area (Å²) in [7, 11) is 0. The van der Waals surface area contributed by atoms with Crippen LogP contribution in [0.25, 0.3) is 0 Å². The van der Waals surface area contributed by atoms with Gasteiger partial charge in [-0.05, 0) is 25.7 Å². The number of hydrogen-bond acceptors (Lipinski definition) is 3. The molecule has 1 aliphatic rings. The maximum absolute atomic E-state index is 11.6. The molecule has 15 heavy (non-hydrogen) atoms. The molecule has 1 saturated carbocycles. The van der Waals surface area contributed by atoms with Crippen molar-refractivity contribution < 1.29 is 9.53 Å². The molecule has 88 valence electrons. The van der Waals surface area contributed by atoms with Gasteiger partial charge in [-0.15, -0.1) is 0 Å². The minimum Gasteiger partial charge on any atom is -0.378 e. The minimum absolute atomic E-state index is 0.0371. The molecule has 0 heterocycles. The van der Waals surface area contributed by atoms with Crippen LogP contribution in [0.3, 0.4) is 0 Å². The van der Waals surface area contributed by atoms with Crippen molar-refractivity contribution in [2.45, 2.75) is 51.8 Å². The second-order valence-corrected chi connectivity index (χ2v) is 4.52. The van der Waals surface area contributed by atoms with E-state index in [1.165, 1.54) is 0 Å². The number of nitrogens with one attached hydrogen (secondary N) is 1. The normalized spacial score (nSPS) is 27.3. The molecule has 4 nitrogen and oxygen atoms in total. The summed E-state index contributed by atoms with van der Waals surface area (Å²) in [6.07, 6.45) is 2.17. The lowest BCUT2D eigenvalue weighted by atomic mass is 9.88. The lowest BCUT2D eigenvalue weighted by Gasteiger charge is -2.36. The van der Waals surface area contributed by atoms with E-state index in [0.29, 0.717) is 6.10 Å². The maximum atomic E-state index is 11.6. The van der Waals surface area contributed by atoms with Crippen molar-refractivity contribution in [3.8, 4) is 0 Å². The molecular weight excluding hydrogens is 192 g/mol. The molecule has 0 radical (unpaired) electrons. The molecule has 1 amide bonds. The van der Waals surface area contributed by atoms with Crippen LogP contribution in [-0.4, -0.2) is 30.7 Å². The van der Waals surface area contributed by atoms with Crippen molar-refractivity contribution in [1.82, 2.24) is 5.32 Å². The molecule has 0 aliphatic heterocycles. The lowest BCUT2D eigenvalue weighted by Crippen LogP contribution is -2.53. The van der Waals surface area contributed by atoms with Crippen molar-refractivity contribution >= 4 is 5.91 Å². The highest BCUT2D eigenvalue weighted by Gasteiger charge is 2.32. The molecule has 0 saturated heterocycles. The highest BCUT2D eigenvalue weighted by molar-refractivity contribution is 5.82. The van der Waals surface area contributed by atoms with Crippen LogP contribution in [-0.2, 0) is 9.53 Å². The van der Waals surface area contributed by atoms with E-state index < -0.39 is 6.04 Å². The smallest absolute Gasteiger partial charge is 0.237 e. The Hall–Kier alpha value is -0.610. The Morgan fingerprint density at radius 2 is 2.13 bits per heavy atom. The molecule has 3 N–H and O–H groups in total. The fraction of sp³-hybridized carbons (Fsp3) is 0.909. The number of nitrogens with two attached hydrogens (primary N) is 1. The van der Waals surface area contributed by atoms with E-state index in [4.69, 9.17) is 10.5 Å². The topological polar surface area (TPSA) is 64.3 Å². The fourth-order valence-electron chi connectivity index (χ4n) is 1.66. The van der Waals surface area contributed by atoms with E-state index >= 15 is 0 Å². The van der Waals surface area contributed by atoms with Crippen LogP contribution in [0.1, 0.15) is 33.6 Å². The van der Waals surface area contributed by atoms with Gasteiger partial charge in [-0.3, -0.25) is 4.79 Å². The van der Waals surface area contributed by atoms with Crippen molar-refractivity contribution in [1.29, 1.82) is 0 Å². The van der Waals surface area contributed by atoms with Crippen molar-refractivity contribution in [2.75, 3.05) is 6.61 Å². The standard InChI is InChI=1S/C11H22N2O2/c1-4-15-9-5-8(6-9)13-11(14)10(12)7(2)3/h7-10H,4-6,12H2,1-3H3,(H,13,14)/t8?,9?,10-/m1/s1. The lowest BCUT2D eigenvalue weighted by molar-refractivity contribution is -0.125. The van der Waals surface area contributed by atoms with Crippen LogP contribution < -0.4 is 11.1 Å². The van der Waals surface area contributed by atoms with Gasteiger partial charge in [0.15, 0.2) is 0 Å². The number of rotatable bonds is 5. The summed E-state index contributed by atoms with van der Waals surface area (Å²) < 4.78 is 5.41. The zero-order valence-corrected chi connectivity index (χ0v) is 9.82. The molecule has 1 atom stereocenters. The Balaban J connectivity index is 2.19. The summed E-state index contributed by atoms with van der Waals surface area (Å²) in [4.78, 5) is 11.6. The molecule has 4 heteroatoms. The Labute approximate surface area is 91.5 Å². The molecule has 0 aromatic rings. The van der Waals surface area contributed by atoms with Gasteiger partial charge in [0, 0.05) is 12.6 Å². The molecular formula is C11H22N2O2. The Morgan fingerprint density at radius 3 is 2.60 bits per heavy atom. The number of carbonyl (C=O) groups excluding carboxylic acids is 1. The molecule has 0 bridgehead atoms. The van der Waals surface area contributed by atoms with Crippen molar-refractivity contribution in [3.63, 3.8) is 0 Å². The third-order valence-corrected chi connectivity index (χ3v) is 2.86. The van der Waals surface area contributed by atoms with Crippen LogP contribution in [0.15, 0.2) is 0 Å². The van der Waals surface area contributed by atoms with E-state index in [1.807, 2.05) is 20.8 Å². The quantitative estimate of drug-likeness (QED) is 0.706. The number of hydrogen-bond donors (Lipinski definition) is 2. The monoisotopic (exact) mass is 214 g/mol. The van der Waals surface area contributed by atoms with Crippen LogP contribution in [0.5, 0.6) is 0 Å². The summed E-state index contributed by atoms with van der Waals surface area (Å²) >= 11 is 0. The van der Waals surface area contributed by atoms with Gasteiger partial charge in [0.25, 0.3) is 0 Å². The van der Waals surface area contributed by atoms with E-state index in [9.17, 15) is 4.79 Å². The van der Waals surface area contributed by atoms with Crippen LogP contribution in [0.2, 0.25) is 0 Å². The van der Waals surface area contributed by atoms with E-state index in [1.54, 1.807) is 0 Å². The molecule has 0 spiro atoms. The summed E-state index contributed by atoms with van der Waals surface area (Å²) in [6.45, 7) is 6.64. The van der Waals surface area contributed by atoms with E-state index in [-0.39, 0.29) is 17.9 Å². The Bertz CT molecular complexity index is 213. The zero-order chi connectivity index (χ0) is 11.4. The first-order valence-electron chi connectivity index (χ1n) is 5.72. The third kappa shape index (κ3) is 3.47. The first kappa shape index (κ1) is 12.5. The second-order valence-electron chi connectivity index (χ2n) is 4.52. The van der Waals surface area contributed by atoms with Gasteiger partial charge in [0.1, 0.15) is 0 Å². The van der Waals surface area contributed by atoms with Gasteiger partial charge in [-0.2, -0.15) is 0 Å². The third-order valence-electron chi connectivity index (χ3n) is 2.86. The highest BCUT2D eigenvalue weighted by Crippen LogP contribution is 2.23. The molecule has 0 unspecified atom stereocenters. The Kier molecular flexibility index (Phi) is 4.54. The summed E-state index contributed by atoms with van der Waals surface area (Å²) in [5.41, 5.74) is 5.74. The molecule has 0 aromatic heterocycles. The zero-order valence-electron chi connectivity index (χ0n) is 9.82. The second kappa shape index (κ2) is 5.47. The van der Waals surface area contributed by atoms with Gasteiger partial charge in [-0.1, -0.05) is 13.8 Å². The van der Waals surface area contributed by atoms with Gasteiger partial charge in [0.2, 0.25) is 5.91 Å². The number of amides is 1. The predicted octanol–water partition coefficient (Wildman–Crippen LogP) is 0.653. The van der Waals surface area contributed by atoms with Crippen LogP contribution in [0, 0.1) is 5.92 Å². The van der Waals surface area contributed by atoms with Crippen LogP contribution in [0.4, 0.5) is 0 Å². The van der Waals surface area contributed by atoms with E-state index in [0.717, 1.165) is 19.4 Å². The van der Waals surface area contributed by atoms with Gasteiger partial charge in [0.05, 0.1) is 12.1 Å². The average molecular weight is 214 g/mol. The minimum atomic E-state index is -0.392. The fourth-order valence-corrected chi connectivity index (χ4v) is 1.66. The maximum Gasteiger partial charge on any atom is 0.237 e. The van der Waals surface area contributed by atoms with Gasteiger partial charge >= 0.3 is 0 Å². The number of carbonyl (C=O) groups is 1. The molecule has 1 aliphatic carbocycles. The number of ether oxygens (including phenoxy) is 1. The van der Waals surface area contributed by atoms with Gasteiger partial charge in [-0.25, -0.2) is 0 Å². The summed E-state index contributed by atoms with van der Waals surface area (Å²) in [6, 6.07) is -0.130. The molecule has 0 aromatic carbocycles. The summed E-state index contributed by atoms with van der Waals surface area (Å²) in [5.74, 6) is 0.151. The van der Waals surface area contributed by atoms with E-state index in [2.05, 4.69) is 5.32 Å². The first-order chi connectivity index (χ1) is 7.04. The van der Waals surface area contributed by atoms with Gasteiger partial charge < -0.3 is 15.8 Å². The highest BCUT2D eigenvalue weighted by atomic mass is 16.5. The first-order valence-corrected chi connectivity index (χ1v) is 5.72.